The molecule has 1 atom stereocenters. The van der Waals surface area contributed by atoms with Crippen molar-refractivity contribution >= 4 is 23.4 Å². The third-order valence-electron chi connectivity index (χ3n) is 4.98. The van der Waals surface area contributed by atoms with Crippen LogP contribution in [0.2, 0.25) is 0 Å². The lowest BCUT2D eigenvalue weighted by atomic mass is 10.1. The summed E-state index contributed by atoms with van der Waals surface area (Å²) in [6, 6.07) is 13.1. The summed E-state index contributed by atoms with van der Waals surface area (Å²) in [6.45, 7) is 4.85. The highest BCUT2D eigenvalue weighted by atomic mass is 16.2. The number of rotatable bonds is 2. The molecule has 2 amide bonds. The van der Waals surface area contributed by atoms with Gasteiger partial charge in [0.2, 0.25) is 0 Å². The molecule has 0 saturated heterocycles. The number of carbonyl (C=O) groups excluding carboxylic acids is 1. The number of hydrogen-bond acceptors (Lipinski definition) is 5. The van der Waals surface area contributed by atoms with E-state index in [0.29, 0.717) is 11.6 Å². The molecule has 0 radical (unpaired) electrons. The van der Waals surface area contributed by atoms with E-state index in [1.54, 1.807) is 17.2 Å². The van der Waals surface area contributed by atoms with Crippen molar-refractivity contribution in [1.29, 1.82) is 0 Å². The van der Waals surface area contributed by atoms with Crippen LogP contribution in [-0.4, -0.2) is 33.6 Å². The minimum Gasteiger partial charge on any atom is -0.382 e. The SMILES string of the molecule is Cc1ccc(-c2ccc3c(n2)N(C(=O)Nc2ccccn2)[C@H](C)CCCN3)cn1. The molecule has 4 heterocycles. The minimum atomic E-state index is -0.243. The highest BCUT2D eigenvalue weighted by Crippen LogP contribution is 2.32. The van der Waals surface area contributed by atoms with Crippen molar-refractivity contribution in [2.45, 2.75) is 32.7 Å². The number of carbonyl (C=O) groups is 1. The Balaban J connectivity index is 1.73. The van der Waals surface area contributed by atoms with E-state index in [1.807, 2.05) is 49.5 Å². The average molecular weight is 388 g/mol. The van der Waals surface area contributed by atoms with Crippen molar-refractivity contribution < 1.29 is 4.79 Å². The predicted molar refractivity (Wildman–Crippen MR) is 115 cm³/mol. The maximum absolute atomic E-state index is 13.2. The number of pyridine rings is 3. The number of amides is 2. The lowest BCUT2D eigenvalue weighted by molar-refractivity contribution is 0.254. The molecule has 1 aliphatic heterocycles. The predicted octanol–water partition coefficient (Wildman–Crippen LogP) is 4.48. The standard InChI is InChI=1S/C22H24N6O/c1-15-8-9-17(14-25-15)18-10-11-19-21(26-18)28(16(2)6-5-13-23-19)22(29)27-20-7-3-4-12-24-20/h3-4,7-12,14,16,23H,5-6,13H2,1-2H3,(H,24,27,29)/t16-/m1/s1. The summed E-state index contributed by atoms with van der Waals surface area (Å²) in [6.07, 6.45) is 5.31. The molecule has 0 aromatic carbocycles. The summed E-state index contributed by atoms with van der Waals surface area (Å²) >= 11 is 0. The van der Waals surface area contributed by atoms with Crippen molar-refractivity contribution in [3.63, 3.8) is 0 Å². The molecule has 0 saturated carbocycles. The molecule has 0 aliphatic carbocycles. The van der Waals surface area contributed by atoms with E-state index in [1.165, 1.54) is 0 Å². The van der Waals surface area contributed by atoms with E-state index >= 15 is 0 Å². The molecule has 4 rings (SSSR count). The van der Waals surface area contributed by atoms with Gasteiger partial charge in [0.1, 0.15) is 5.82 Å². The van der Waals surface area contributed by atoms with Crippen LogP contribution < -0.4 is 15.5 Å². The number of fused-ring (bicyclic) bond motifs is 1. The molecule has 0 fully saturated rings. The van der Waals surface area contributed by atoms with Gasteiger partial charge in [0, 0.05) is 36.2 Å². The van der Waals surface area contributed by atoms with E-state index in [-0.39, 0.29) is 12.1 Å². The Labute approximate surface area is 170 Å². The maximum Gasteiger partial charge on any atom is 0.328 e. The molecule has 7 nitrogen and oxygen atoms in total. The van der Waals surface area contributed by atoms with Gasteiger partial charge in [0.15, 0.2) is 5.82 Å². The van der Waals surface area contributed by atoms with Gasteiger partial charge in [-0.15, -0.1) is 0 Å². The van der Waals surface area contributed by atoms with Gasteiger partial charge in [-0.25, -0.2) is 14.8 Å². The van der Waals surface area contributed by atoms with Crippen molar-refractivity contribution in [1.82, 2.24) is 15.0 Å². The van der Waals surface area contributed by atoms with Crippen LogP contribution in [0.4, 0.5) is 22.1 Å². The van der Waals surface area contributed by atoms with E-state index in [4.69, 9.17) is 4.98 Å². The average Bonchev–Trinajstić information content (AvgIpc) is 2.72. The van der Waals surface area contributed by atoms with Crippen LogP contribution in [0.15, 0.2) is 54.9 Å². The van der Waals surface area contributed by atoms with Gasteiger partial charge >= 0.3 is 6.03 Å². The zero-order valence-corrected chi connectivity index (χ0v) is 16.6. The van der Waals surface area contributed by atoms with Crippen molar-refractivity contribution in [2.24, 2.45) is 0 Å². The fourth-order valence-corrected chi connectivity index (χ4v) is 3.41. The van der Waals surface area contributed by atoms with Gasteiger partial charge in [-0.2, -0.15) is 0 Å². The Hall–Kier alpha value is -3.48. The fraction of sp³-hybridized carbons (Fsp3) is 0.273. The molecular weight excluding hydrogens is 364 g/mol. The lowest BCUT2D eigenvalue weighted by Crippen LogP contribution is -2.43. The highest BCUT2D eigenvalue weighted by Gasteiger charge is 2.28. The minimum absolute atomic E-state index is 0.00143. The maximum atomic E-state index is 13.2. The number of aromatic nitrogens is 3. The number of urea groups is 1. The van der Waals surface area contributed by atoms with Crippen LogP contribution in [0.25, 0.3) is 11.3 Å². The summed E-state index contributed by atoms with van der Waals surface area (Å²) in [4.78, 5) is 28.3. The van der Waals surface area contributed by atoms with E-state index < -0.39 is 0 Å². The quantitative estimate of drug-likeness (QED) is 0.676. The second kappa shape index (κ2) is 8.26. The second-order valence-corrected chi connectivity index (χ2v) is 7.19. The molecule has 3 aromatic rings. The van der Waals surface area contributed by atoms with Crippen molar-refractivity contribution in [3.05, 3.63) is 60.6 Å². The zero-order chi connectivity index (χ0) is 20.2. The van der Waals surface area contributed by atoms with Gasteiger partial charge in [-0.05, 0) is 63.1 Å². The third kappa shape index (κ3) is 4.18. The van der Waals surface area contributed by atoms with Gasteiger partial charge < -0.3 is 5.32 Å². The summed E-state index contributed by atoms with van der Waals surface area (Å²) < 4.78 is 0. The Bertz CT molecular complexity index is 990. The number of anilines is 3. The highest BCUT2D eigenvalue weighted by molar-refractivity contribution is 6.03. The Morgan fingerprint density at radius 3 is 2.83 bits per heavy atom. The first kappa shape index (κ1) is 18.9. The first-order chi connectivity index (χ1) is 14.1. The Morgan fingerprint density at radius 2 is 2.07 bits per heavy atom. The first-order valence-electron chi connectivity index (χ1n) is 9.81. The van der Waals surface area contributed by atoms with Crippen molar-refractivity contribution in [2.75, 3.05) is 22.1 Å². The number of nitrogens with one attached hydrogen (secondary N) is 2. The van der Waals surface area contributed by atoms with Crippen LogP contribution in [0.1, 0.15) is 25.5 Å². The third-order valence-corrected chi connectivity index (χ3v) is 4.98. The number of aryl methyl sites for hydroxylation is 1. The van der Waals surface area contributed by atoms with Gasteiger partial charge in [0.05, 0.1) is 11.4 Å². The van der Waals surface area contributed by atoms with E-state index in [0.717, 1.165) is 42.0 Å². The molecule has 1 aliphatic rings. The molecule has 0 spiro atoms. The summed E-state index contributed by atoms with van der Waals surface area (Å²) in [5.41, 5.74) is 3.49. The lowest BCUT2D eigenvalue weighted by Gasteiger charge is -2.32. The number of hydrogen-bond donors (Lipinski definition) is 2. The molecule has 29 heavy (non-hydrogen) atoms. The van der Waals surface area contributed by atoms with Gasteiger partial charge in [0.25, 0.3) is 0 Å². The Kier molecular flexibility index (Phi) is 5.37. The topological polar surface area (TPSA) is 83.0 Å². The summed E-state index contributed by atoms with van der Waals surface area (Å²) in [5, 5.41) is 6.30. The van der Waals surface area contributed by atoms with Crippen LogP contribution >= 0.6 is 0 Å². The second-order valence-electron chi connectivity index (χ2n) is 7.19. The van der Waals surface area contributed by atoms with Crippen molar-refractivity contribution in [3.8, 4) is 11.3 Å². The van der Waals surface area contributed by atoms with Gasteiger partial charge in [-0.1, -0.05) is 6.07 Å². The van der Waals surface area contributed by atoms with Crippen LogP contribution in [-0.2, 0) is 0 Å². The van der Waals surface area contributed by atoms with E-state index in [9.17, 15) is 4.79 Å². The number of nitrogens with zero attached hydrogens (tertiary/aromatic N) is 4. The molecule has 2 N–H and O–H groups in total. The van der Waals surface area contributed by atoms with E-state index in [2.05, 4.69) is 27.5 Å². The molecule has 3 aromatic heterocycles. The largest absolute Gasteiger partial charge is 0.382 e. The summed E-state index contributed by atoms with van der Waals surface area (Å²) in [7, 11) is 0. The fourth-order valence-electron chi connectivity index (χ4n) is 3.41. The van der Waals surface area contributed by atoms with Crippen LogP contribution in [0.3, 0.4) is 0 Å². The zero-order valence-electron chi connectivity index (χ0n) is 16.6. The molecule has 148 valence electrons. The van der Waals surface area contributed by atoms with Gasteiger partial charge in [-0.3, -0.25) is 15.2 Å². The van der Waals surface area contributed by atoms with Crippen LogP contribution in [0, 0.1) is 6.92 Å². The summed E-state index contributed by atoms with van der Waals surface area (Å²) in [5.74, 6) is 1.13. The Morgan fingerprint density at radius 1 is 1.17 bits per heavy atom. The normalized spacial score (nSPS) is 16.2. The first-order valence-corrected chi connectivity index (χ1v) is 9.81. The smallest absolute Gasteiger partial charge is 0.328 e. The monoisotopic (exact) mass is 388 g/mol. The molecular formula is C22H24N6O. The van der Waals surface area contributed by atoms with Crippen LogP contribution in [0.5, 0.6) is 0 Å². The molecule has 0 bridgehead atoms. The molecule has 0 unspecified atom stereocenters. The molecule has 7 heteroatoms.